The molecule has 0 aromatic heterocycles. The molecule has 1 aliphatic rings. The molecular weight excluding hydrogens is 377 g/mol. The lowest BCUT2D eigenvalue weighted by molar-refractivity contribution is 0.0672. The van der Waals surface area contributed by atoms with Crippen molar-refractivity contribution in [3.8, 4) is 0 Å². The first kappa shape index (κ1) is 15.6. The van der Waals surface area contributed by atoms with Crippen molar-refractivity contribution < 1.29 is 13.6 Å². The summed E-state index contributed by atoms with van der Waals surface area (Å²) in [6, 6.07) is 2.07. The standard InChI is InChI=1S/C14H17F2IN2O/c1-18-7-9-3-2-4-19(8-9)14(20)10-5-11(15)12(16)6-13(10)17/h5-6,9,18H,2-4,7-8H2,1H3. The van der Waals surface area contributed by atoms with E-state index in [9.17, 15) is 13.6 Å². The Morgan fingerprint density at radius 2 is 2.15 bits per heavy atom. The normalized spacial score (nSPS) is 19.2. The number of likely N-dealkylation sites (tertiary alicyclic amines) is 1. The Balaban J connectivity index is 2.16. The molecule has 1 heterocycles. The Morgan fingerprint density at radius 3 is 2.85 bits per heavy atom. The van der Waals surface area contributed by atoms with Crippen molar-refractivity contribution >= 4 is 28.5 Å². The van der Waals surface area contributed by atoms with Crippen LogP contribution in [0.15, 0.2) is 12.1 Å². The van der Waals surface area contributed by atoms with Crippen LogP contribution in [-0.2, 0) is 0 Å². The van der Waals surface area contributed by atoms with Crippen LogP contribution in [0.1, 0.15) is 23.2 Å². The van der Waals surface area contributed by atoms with E-state index in [-0.39, 0.29) is 11.5 Å². The van der Waals surface area contributed by atoms with Gasteiger partial charge in [0.2, 0.25) is 0 Å². The Kier molecular flexibility index (Phi) is 5.31. The number of amides is 1. The molecule has 0 aliphatic carbocycles. The zero-order valence-corrected chi connectivity index (χ0v) is 13.4. The number of benzene rings is 1. The quantitative estimate of drug-likeness (QED) is 0.632. The maximum absolute atomic E-state index is 13.3. The van der Waals surface area contributed by atoms with Crippen molar-refractivity contribution in [3.05, 3.63) is 32.9 Å². The molecule has 6 heteroatoms. The summed E-state index contributed by atoms with van der Waals surface area (Å²) in [5, 5.41) is 3.12. The number of piperidine rings is 1. The van der Waals surface area contributed by atoms with E-state index >= 15 is 0 Å². The third-order valence-electron chi connectivity index (χ3n) is 3.54. The lowest BCUT2D eigenvalue weighted by Gasteiger charge is -2.33. The SMILES string of the molecule is CNCC1CCCN(C(=O)c2cc(F)c(F)cc2I)C1. The fourth-order valence-electron chi connectivity index (χ4n) is 2.56. The number of halogens is 3. The largest absolute Gasteiger partial charge is 0.338 e. The van der Waals surface area contributed by atoms with Crippen molar-refractivity contribution in [2.75, 3.05) is 26.7 Å². The zero-order chi connectivity index (χ0) is 14.7. The van der Waals surface area contributed by atoms with Gasteiger partial charge in [-0.3, -0.25) is 4.79 Å². The molecule has 1 aromatic rings. The molecule has 1 aromatic carbocycles. The first-order valence-corrected chi connectivity index (χ1v) is 7.69. The number of rotatable bonds is 3. The van der Waals surface area contributed by atoms with Crippen molar-refractivity contribution in [1.29, 1.82) is 0 Å². The van der Waals surface area contributed by atoms with E-state index < -0.39 is 11.6 Å². The second-order valence-corrected chi connectivity index (χ2v) is 6.23. The van der Waals surface area contributed by atoms with E-state index in [0.29, 0.717) is 22.6 Å². The Morgan fingerprint density at radius 1 is 1.45 bits per heavy atom. The van der Waals surface area contributed by atoms with Gasteiger partial charge in [-0.2, -0.15) is 0 Å². The topological polar surface area (TPSA) is 32.3 Å². The molecule has 0 saturated carbocycles. The van der Waals surface area contributed by atoms with Crippen LogP contribution < -0.4 is 5.32 Å². The molecule has 1 fully saturated rings. The first-order chi connectivity index (χ1) is 9.52. The molecule has 1 unspecified atom stereocenters. The van der Waals surface area contributed by atoms with Crippen LogP contribution in [-0.4, -0.2) is 37.5 Å². The maximum atomic E-state index is 13.3. The van der Waals surface area contributed by atoms with E-state index in [4.69, 9.17) is 0 Å². The van der Waals surface area contributed by atoms with Gasteiger partial charge in [0.05, 0.1) is 5.56 Å². The summed E-state index contributed by atoms with van der Waals surface area (Å²) in [5.74, 6) is -1.69. The van der Waals surface area contributed by atoms with Gasteiger partial charge in [0.1, 0.15) is 0 Å². The van der Waals surface area contributed by atoms with Crippen molar-refractivity contribution in [2.45, 2.75) is 12.8 Å². The summed E-state index contributed by atoms with van der Waals surface area (Å²) in [4.78, 5) is 14.2. The molecule has 0 bridgehead atoms. The number of nitrogens with zero attached hydrogens (tertiary/aromatic N) is 1. The number of hydrogen-bond acceptors (Lipinski definition) is 2. The minimum absolute atomic E-state index is 0.214. The Bertz CT molecular complexity index is 508. The lowest BCUT2D eigenvalue weighted by Crippen LogP contribution is -2.42. The van der Waals surface area contributed by atoms with Gasteiger partial charge < -0.3 is 10.2 Å². The van der Waals surface area contributed by atoms with Crippen LogP contribution in [0.25, 0.3) is 0 Å². The minimum atomic E-state index is -0.974. The molecule has 1 saturated heterocycles. The molecular formula is C14H17F2IN2O. The second kappa shape index (κ2) is 6.80. The van der Waals surface area contributed by atoms with Crippen molar-refractivity contribution in [2.24, 2.45) is 5.92 Å². The molecule has 1 aliphatic heterocycles. The smallest absolute Gasteiger partial charge is 0.255 e. The summed E-state index contributed by atoms with van der Waals surface area (Å²) in [5.41, 5.74) is 0.245. The maximum Gasteiger partial charge on any atom is 0.255 e. The molecule has 0 spiro atoms. The summed E-state index contributed by atoms with van der Waals surface area (Å²) >= 11 is 1.87. The van der Waals surface area contributed by atoms with Gasteiger partial charge in [0, 0.05) is 16.7 Å². The second-order valence-electron chi connectivity index (χ2n) is 5.06. The Labute approximate surface area is 130 Å². The lowest BCUT2D eigenvalue weighted by atomic mass is 9.97. The van der Waals surface area contributed by atoms with E-state index in [1.807, 2.05) is 29.6 Å². The van der Waals surface area contributed by atoms with E-state index in [2.05, 4.69) is 5.32 Å². The van der Waals surface area contributed by atoms with Crippen LogP contribution in [0.5, 0.6) is 0 Å². The summed E-state index contributed by atoms with van der Waals surface area (Å²) in [6.45, 7) is 2.20. The third kappa shape index (κ3) is 3.46. The summed E-state index contributed by atoms with van der Waals surface area (Å²) < 4.78 is 26.9. The monoisotopic (exact) mass is 394 g/mol. The highest BCUT2D eigenvalue weighted by Gasteiger charge is 2.26. The van der Waals surface area contributed by atoms with Crippen LogP contribution in [0.3, 0.4) is 0 Å². The van der Waals surface area contributed by atoms with Crippen molar-refractivity contribution in [3.63, 3.8) is 0 Å². The van der Waals surface area contributed by atoms with Crippen LogP contribution in [0.2, 0.25) is 0 Å². The van der Waals surface area contributed by atoms with Gasteiger partial charge in [0.15, 0.2) is 11.6 Å². The summed E-state index contributed by atoms with van der Waals surface area (Å²) in [6.07, 6.45) is 2.03. The Hall–Kier alpha value is -0.760. The number of carbonyl (C=O) groups is 1. The predicted molar refractivity (Wildman–Crippen MR) is 81.6 cm³/mol. The van der Waals surface area contributed by atoms with Gasteiger partial charge in [-0.05, 0) is 67.1 Å². The van der Waals surface area contributed by atoms with Crippen LogP contribution >= 0.6 is 22.6 Å². The summed E-state index contributed by atoms with van der Waals surface area (Å²) in [7, 11) is 1.89. The molecule has 0 radical (unpaired) electrons. The van der Waals surface area contributed by atoms with E-state index in [0.717, 1.165) is 31.5 Å². The van der Waals surface area contributed by atoms with Gasteiger partial charge in [0.25, 0.3) is 5.91 Å². The fraction of sp³-hybridized carbons (Fsp3) is 0.500. The van der Waals surface area contributed by atoms with Gasteiger partial charge in [-0.25, -0.2) is 8.78 Å². The number of nitrogens with one attached hydrogen (secondary N) is 1. The number of carbonyl (C=O) groups excluding carboxylic acids is 1. The molecule has 2 rings (SSSR count). The fourth-order valence-corrected chi connectivity index (χ4v) is 3.22. The predicted octanol–water partition coefficient (Wildman–Crippen LogP) is 2.64. The highest BCUT2D eigenvalue weighted by atomic mass is 127. The van der Waals surface area contributed by atoms with Gasteiger partial charge in [-0.1, -0.05) is 0 Å². The molecule has 1 amide bonds. The highest BCUT2D eigenvalue weighted by Crippen LogP contribution is 2.22. The van der Waals surface area contributed by atoms with Gasteiger partial charge >= 0.3 is 0 Å². The van der Waals surface area contributed by atoms with Crippen LogP contribution in [0, 0.1) is 21.1 Å². The molecule has 1 atom stereocenters. The molecule has 20 heavy (non-hydrogen) atoms. The average molecular weight is 394 g/mol. The van der Waals surface area contributed by atoms with E-state index in [1.54, 1.807) is 4.90 Å². The molecule has 3 nitrogen and oxygen atoms in total. The first-order valence-electron chi connectivity index (χ1n) is 6.61. The number of hydrogen-bond donors (Lipinski definition) is 1. The van der Waals surface area contributed by atoms with E-state index in [1.165, 1.54) is 0 Å². The van der Waals surface area contributed by atoms with Crippen LogP contribution in [0.4, 0.5) is 8.78 Å². The highest BCUT2D eigenvalue weighted by molar-refractivity contribution is 14.1. The zero-order valence-electron chi connectivity index (χ0n) is 11.3. The van der Waals surface area contributed by atoms with Crippen molar-refractivity contribution in [1.82, 2.24) is 10.2 Å². The average Bonchev–Trinajstić information content (AvgIpc) is 2.43. The molecule has 110 valence electrons. The molecule has 1 N–H and O–H groups in total. The third-order valence-corrected chi connectivity index (χ3v) is 4.43. The van der Waals surface area contributed by atoms with Gasteiger partial charge in [-0.15, -0.1) is 0 Å². The minimum Gasteiger partial charge on any atom is -0.338 e.